The first kappa shape index (κ1) is 20.7. The zero-order valence-electron chi connectivity index (χ0n) is 17.2. The van der Waals surface area contributed by atoms with E-state index in [1.54, 1.807) is 36.4 Å². The Morgan fingerprint density at radius 2 is 1.61 bits per heavy atom. The number of hydrogen-bond donors (Lipinski definition) is 1. The van der Waals surface area contributed by atoms with Crippen molar-refractivity contribution in [1.82, 2.24) is 10.2 Å². The van der Waals surface area contributed by atoms with Crippen LogP contribution in [-0.4, -0.2) is 35.0 Å². The van der Waals surface area contributed by atoms with Gasteiger partial charge in [-0.25, -0.2) is 4.39 Å². The van der Waals surface area contributed by atoms with Gasteiger partial charge in [0.25, 0.3) is 0 Å². The number of Topliss-reactive ketones (excluding diaryl/α,β-unsaturated/α-hetero) is 1. The molecule has 31 heavy (non-hydrogen) atoms. The van der Waals surface area contributed by atoms with Gasteiger partial charge in [-0.1, -0.05) is 0 Å². The average molecular weight is 418 g/mol. The topological polar surface area (TPSA) is 75.2 Å². The molecule has 0 saturated carbocycles. The van der Waals surface area contributed by atoms with E-state index in [-0.39, 0.29) is 23.4 Å². The second-order valence-electron chi connectivity index (χ2n) is 7.67. The molecule has 0 aliphatic carbocycles. The van der Waals surface area contributed by atoms with E-state index in [0.717, 1.165) is 24.2 Å². The average Bonchev–Trinajstić information content (AvgIpc) is 2.80. The van der Waals surface area contributed by atoms with Gasteiger partial charge in [-0.3, -0.25) is 9.59 Å². The van der Waals surface area contributed by atoms with Gasteiger partial charge in [-0.15, -0.1) is 10.2 Å². The van der Waals surface area contributed by atoms with Gasteiger partial charge in [0.15, 0.2) is 11.6 Å². The van der Waals surface area contributed by atoms with Crippen LogP contribution in [0.15, 0.2) is 60.7 Å². The largest absolute Gasteiger partial charge is 0.355 e. The van der Waals surface area contributed by atoms with E-state index in [9.17, 15) is 14.0 Å². The molecule has 3 aromatic rings. The van der Waals surface area contributed by atoms with E-state index in [2.05, 4.69) is 20.4 Å². The summed E-state index contributed by atoms with van der Waals surface area (Å²) >= 11 is 0. The Morgan fingerprint density at radius 3 is 2.19 bits per heavy atom. The lowest BCUT2D eigenvalue weighted by atomic mass is 9.95. The molecule has 0 atom stereocenters. The summed E-state index contributed by atoms with van der Waals surface area (Å²) in [5.41, 5.74) is 2.82. The lowest BCUT2D eigenvalue weighted by molar-refractivity contribution is -0.120. The maximum atomic E-state index is 13.1. The lowest BCUT2D eigenvalue weighted by Crippen LogP contribution is -2.38. The maximum absolute atomic E-state index is 13.1. The molecule has 1 amide bonds. The van der Waals surface area contributed by atoms with E-state index < -0.39 is 0 Å². The predicted octanol–water partition coefficient (Wildman–Crippen LogP) is 4.34. The molecule has 1 aliphatic rings. The second-order valence-corrected chi connectivity index (χ2v) is 7.67. The Bertz CT molecular complexity index is 1060. The van der Waals surface area contributed by atoms with Crippen molar-refractivity contribution in [2.75, 3.05) is 23.3 Å². The van der Waals surface area contributed by atoms with E-state index >= 15 is 0 Å². The molecule has 0 radical (unpaired) electrons. The summed E-state index contributed by atoms with van der Waals surface area (Å²) in [5.74, 6) is 0.403. The van der Waals surface area contributed by atoms with Crippen LogP contribution in [0.5, 0.6) is 0 Å². The van der Waals surface area contributed by atoms with Crippen LogP contribution < -0.4 is 10.2 Å². The van der Waals surface area contributed by atoms with Gasteiger partial charge in [-0.2, -0.15) is 0 Å². The normalized spacial score (nSPS) is 14.3. The minimum absolute atomic E-state index is 0.000883. The van der Waals surface area contributed by atoms with Gasteiger partial charge in [0.2, 0.25) is 5.91 Å². The van der Waals surface area contributed by atoms with Crippen molar-refractivity contribution < 1.29 is 14.0 Å². The van der Waals surface area contributed by atoms with Crippen LogP contribution in [0.4, 0.5) is 15.9 Å². The number of nitrogens with zero attached hydrogens (tertiary/aromatic N) is 3. The Kier molecular flexibility index (Phi) is 6.02. The molecule has 1 fully saturated rings. The number of ketones is 1. The van der Waals surface area contributed by atoms with Crippen LogP contribution in [0.1, 0.15) is 30.1 Å². The van der Waals surface area contributed by atoms with Gasteiger partial charge in [0.1, 0.15) is 5.82 Å². The fourth-order valence-electron chi connectivity index (χ4n) is 3.67. The Labute approximate surface area is 180 Å². The van der Waals surface area contributed by atoms with E-state index in [4.69, 9.17) is 0 Å². The molecule has 1 aromatic heterocycles. The minimum Gasteiger partial charge on any atom is -0.355 e. The van der Waals surface area contributed by atoms with Crippen LogP contribution in [0.25, 0.3) is 11.3 Å². The van der Waals surface area contributed by atoms with Gasteiger partial charge in [-0.05, 0) is 80.4 Å². The van der Waals surface area contributed by atoms with Gasteiger partial charge < -0.3 is 10.2 Å². The van der Waals surface area contributed by atoms with Gasteiger partial charge in [0.05, 0.1) is 5.69 Å². The molecule has 1 aliphatic heterocycles. The summed E-state index contributed by atoms with van der Waals surface area (Å²) in [4.78, 5) is 26.1. The standard InChI is InChI=1S/C24H23FN4O2/c1-16(30)17-4-8-21(9-5-17)26-24(31)19-12-14-29(15-13-19)23-11-10-22(27-28-23)18-2-6-20(25)7-3-18/h2-11,19H,12-15H2,1H3,(H,26,31). The predicted molar refractivity (Wildman–Crippen MR) is 117 cm³/mol. The third-order valence-corrected chi connectivity index (χ3v) is 5.54. The first-order valence-electron chi connectivity index (χ1n) is 10.3. The molecule has 0 unspecified atom stereocenters. The first-order valence-corrected chi connectivity index (χ1v) is 10.3. The van der Waals surface area contributed by atoms with Crippen molar-refractivity contribution >= 4 is 23.2 Å². The number of nitrogens with one attached hydrogen (secondary N) is 1. The molecule has 2 aromatic carbocycles. The van der Waals surface area contributed by atoms with E-state index in [1.807, 2.05) is 12.1 Å². The molecule has 2 heterocycles. The van der Waals surface area contributed by atoms with Crippen LogP contribution >= 0.6 is 0 Å². The van der Waals surface area contributed by atoms with E-state index in [0.29, 0.717) is 30.0 Å². The number of carbonyl (C=O) groups is 2. The van der Waals surface area contributed by atoms with Gasteiger partial charge in [0, 0.05) is 35.8 Å². The molecule has 6 nitrogen and oxygen atoms in total. The summed E-state index contributed by atoms with van der Waals surface area (Å²) in [5, 5.41) is 11.5. The molecule has 1 saturated heterocycles. The summed E-state index contributed by atoms with van der Waals surface area (Å²) in [7, 11) is 0. The molecular weight excluding hydrogens is 395 g/mol. The van der Waals surface area contributed by atoms with Crippen molar-refractivity contribution in [3.05, 3.63) is 72.0 Å². The highest BCUT2D eigenvalue weighted by molar-refractivity contribution is 5.96. The number of hydrogen-bond acceptors (Lipinski definition) is 5. The number of halogens is 1. The van der Waals surface area contributed by atoms with Crippen molar-refractivity contribution in [1.29, 1.82) is 0 Å². The van der Waals surface area contributed by atoms with Gasteiger partial charge >= 0.3 is 0 Å². The zero-order chi connectivity index (χ0) is 21.8. The molecular formula is C24H23FN4O2. The van der Waals surface area contributed by atoms with Crippen LogP contribution in [-0.2, 0) is 4.79 Å². The number of piperidine rings is 1. The third-order valence-electron chi connectivity index (χ3n) is 5.54. The number of anilines is 2. The summed E-state index contributed by atoms with van der Waals surface area (Å²) in [6.45, 7) is 2.94. The van der Waals surface area contributed by atoms with Crippen LogP contribution in [0, 0.1) is 11.7 Å². The Morgan fingerprint density at radius 1 is 0.935 bits per heavy atom. The van der Waals surface area contributed by atoms with Crippen molar-refractivity contribution in [2.45, 2.75) is 19.8 Å². The SMILES string of the molecule is CC(=O)c1ccc(NC(=O)C2CCN(c3ccc(-c4ccc(F)cc4)nn3)CC2)cc1. The Balaban J connectivity index is 1.32. The van der Waals surface area contributed by atoms with E-state index in [1.165, 1.54) is 19.1 Å². The number of aromatic nitrogens is 2. The highest BCUT2D eigenvalue weighted by Crippen LogP contribution is 2.24. The smallest absolute Gasteiger partial charge is 0.227 e. The number of benzene rings is 2. The number of amides is 1. The first-order chi connectivity index (χ1) is 15.0. The van der Waals surface area contributed by atoms with Crippen molar-refractivity contribution in [2.24, 2.45) is 5.92 Å². The lowest BCUT2D eigenvalue weighted by Gasteiger charge is -2.31. The third kappa shape index (κ3) is 4.94. The quantitative estimate of drug-likeness (QED) is 0.624. The minimum atomic E-state index is -0.284. The zero-order valence-corrected chi connectivity index (χ0v) is 17.2. The number of rotatable bonds is 5. The fraction of sp³-hybridized carbons (Fsp3) is 0.250. The monoisotopic (exact) mass is 418 g/mol. The summed E-state index contributed by atoms with van der Waals surface area (Å²) in [6, 6.07) is 16.9. The molecule has 4 rings (SSSR count). The molecule has 7 heteroatoms. The maximum Gasteiger partial charge on any atom is 0.227 e. The second kappa shape index (κ2) is 9.04. The highest BCUT2D eigenvalue weighted by atomic mass is 19.1. The molecule has 1 N–H and O–H groups in total. The molecule has 0 spiro atoms. The van der Waals surface area contributed by atoms with Crippen LogP contribution in [0.3, 0.4) is 0 Å². The summed E-state index contributed by atoms with van der Waals surface area (Å²) < 4.78 is 13.1. The molecule has 158 valence electrons. The fourth-order valence-corrected chi connectivity index (χ4v) is 3.67. The Hall–Kier alpha value is -3.61. The van der Waals surface area contributed by atoms with Crippen molar-refractivity contribution in [3.63, 3.8) is 0 Å². The highest BCUT2D eigenvalue weighted by Gasteiger charge is 2.26. The summed E-state index contributed by atoms with van der Waals surface area (Å²) in [6.07, 6.45) is 1.44. The van der Waals surface area contributed by atoms with Crippen LogP contribution in [0.2, 0.25) is 0 Å². The van der Waals surface area contributed by atoms with Crippen molar-refractivity contribution in [3.8, 4) is 11.3 Å². The number of carbonyl (C=O) groups excluding carboxylic acids is 2. The molecule has 0 bridgehead atoms.